The van der Waals surface area contributed by atoms with Gasteiger partial charge in [-0.1, -0.05) is 0 Å². The number of urea groups is 1. The fourth-order valence-corrected chi connectivity index (χ4v) is 2.73. The summed E-state index contributed by atoms with van der Waals surface area (Å²) < 4.78 is 0. The number of hydrogen-bond donors (Lipinski definition) is 0. The van der Waals surface area contributed by atoms with Crippen LogP contribution in [0.15, 0.2) is 30.5 Å². The molecule has 0 atom stereocenters. The zero-order chi connectivity index (χ0) is 14.7. The zero-order valence-electron chi connectivity index (χ0n) is 12.3. The smallest absolute Gasteiger partial charge is 0.320 e. The standard InChI is InChI=1S/C16H20N4O/c1-2-19-10-4-11-20(16(19)21)12-8-14-7-6-13-5-3-9-17-15(13)18-14/h3,5-7,9H,2,4,8,10-12H2,1H3. The number of pyridine rings is 2. The summed E-state index contributed by atoms with van der Waals surface area (Å²) >= 11 is 0. The molecule has 2 aromatic rings. The summed E-state index contributed by atoms with van der Waals surface area (Å²) in [5.74, 6) is 0. The second-order valence-electron chi connectivity index (χ2n) is 5.31. The number of carbonyl (C=O) groups excluding carboxylic acids is 1. The van der Waals surface area contributed by atoms with Gasteiger partial charge in [0, 0.05) is 49.9 Å². The Hall–Kier alpha value is -2.17. The van der Waals surface area contributed by atoms with E-state index in [0.717, 1.165) is 55.7 Å². The third-order valence-electron chi connectivity index (χ3n) is 3.94. The van der Waals surface area contributed by atoms with Crippen LogP contribution >= 0.6 is 0 Å². The van der Waals surface area contributed by atoms with E-state index in [1.165, 1.54) is 0 Å². The molecule has 3 heterocycles. The van der Waals surface area contributed by atoms with Crippen molar-refractivity contribution in [3.8, 4) is 0 Å². The highest BCUT2D eigenvalue weighted by molar-refractivity contribution is 5.75. The van der Waals surface area contributed by atoms with Crippen molar-refractivity contribution in [1.29, 1.82) is 0 Å². The summed E-state index contributed by atoms with van der Waals surface area (Å²) in [6, 6.07) is 8.14. The van der Waals surface area contributed by atoms with E-state index in [-0.39, 0.29) is 6.03 Å². The molecule has 21 heavy (non-hydrogen) atoms. The van der Waals surface area contributed by atoms with E-state index in [2.05, 4.69) is 9.97 Å². The minimum absolute atomic E-state index is 0.155. The lowest BCUT2D eigenvalue weighted by atomic mass is 10.2. The molecule has 1 saturated heterocycles. The maximum Gasteiger partial charge on any atom is 0.320 e. The molecular formula is C16H20N4O. The molecule has 0 saturated carbocycles. The van der Waals surface area contributed by atoms with E-state index < -0.39 is 0 Å². The summed E-state index contributed by atoms with van der Waals surface area (Å²) in [6.07, 6.45) is 3.58. The zero-order valence-corrected chi connectivity index (χ0v) is 12.3. The number of amides is 2. The molecule has 0 spiro atoms. The Morgan fingerprint density at radius 3 is 2.90 bits per heavy atom. The van der Waals surface area contributed by atoms with E-state index in [1.807, 2.05) is 41.0 Å². The average molecular weight is 284 g/mol. The number of aromatic nitrogens is 2. The van der Waals surface area contributed by atoms with Crippen LogP contribution in [0.2, 0.25) is 0 Å². The molecule has 2 aromatic heterocycles. The first-order valence-corrected chi connectivity index (χ1v) is 7.52. The van der Waals surface area contributed by atoms with Crippen LogP contribution in [0.5, 0.6) is 0 Å². The quantitative estimate of drug-likeness (QED) is 0.865. The molecule has 0 unspecified atom stereocenters. The molecular weight excluding hydrogens is 264 g/mol. The van der Waals surface area contributed by atoms with Gasteiger partial charge in [-0.05, 0) is 37.6 Å². The number of carbonyl (C=O) groups is 1. The predicted molar refractivity (Wildman–Crippen MR) is 82.1 cm³/mol. The first-order valence-electron chi connectivity index (χ1n) is 7.52. The fraction of sp³-hybridized carbons (Fsp3) is 0.438. The van der Waals surface area contributed by atoms with Crippen LogP contribution in [0.25, 0.3) is 11.0 Å². The van der Waals surface area contributed by atoms with Gasteiger partial charge < -0.3 is 9.80 Å². The third-order valence-corrected chi connectivity index (χ3v) is 3.94. The lowest BCUT2D eigenvalue weighted by Crippen LogP contribution is -2.49. The second kappa shape index (κ2) is 6.08. The van der Waals surface area contributed by atoms with Gasteiger partial charge in [0.15, 0.2) is 5.65 Å². The Bertz CT molecular complexity index is 643. The van der Waals surface area contributed by atoms with E-state index in [9.17, 15) is 4.79 Å². The van der Waals surface area contributed by atoms with Gasteiger partial charge >= 0.3 is 6.03 Å². The van der Waals surface area contributed by atoms with Crippen LogP contribution in [-0.2, 0) is 6.42 Å². The molecule has 5 heteroatoms. The van der Waals surface area contributed by atoms with Crippen molar-refractivity contribution in [2.75, 3.05) is 26.2 Å². The van der Waals surface area contributed by atoms with Crippen LogP contribution in [0.1, 0.15) is 19.0 Å². The topological polar surface area (TPSA) is 49.3 Å². The summed E-state index contributed by atoms with van der Waals surface area (Å²) in [5, 5.41) is 1.05. The maximum atomic E-state index is 12.2. The molecule has 1 fully saturated rings. The fourth-order valence-electron chi connectivity index (χ4n) is 2.73. The van der Waals surface area contributed by atoms with Gasteiger partial charge in [0.25, 0.3) is 0 Å². The highest BCUT2D eigenvalue weighted by Crippen LogP contribution is 2.12. The maximum absolute atomic E-state index is 12.2. The van der Waals surface area contributed by atoms with Gasteiger partial charge in [0.05, 0.1) is 0 Å². The molecule has 110 valence electrons. The molecule has 1 aliphatic heterocycles. The number of nitrogens with zero attached hydrogens (tertiary/aromatic N) is 4. The molecule has 0 radical (unpaired) electrons. The monoisotopic (exact) mass is 284 g/mol. The van der Waals surface area contributed by atoms with E-state index in [1.54, 1.807) is 6.20 Å². The third kappa shape index (κ3) is 2.96. The van der Waals surface area contributed by atoms with Gasteiger partial charge in [-0.3, -0.25) is 0 Å². The summed E-state index contributed by atoms with van der Waals surface area (Å²) in [6.45, 7) is 5.26. The van der Waals surface area contributed by atoms with Crippen LogP contribution in [0.3, 0.4) is 0 Å². The van der Waals surface area contributed by atoms with Crippen LogP contribution in [0.4, 0.5) is 4.79 Å². The van der Waals surface area contributed by atoms with Crippen molar-refractivity contribution in [3.63, 3.8) is 0 Å². The first kappa shape index (κ1) is 13.8. The number of hydrogen-bond acceptors (Lipinski definition) is 3. The summed E-state index contributed by atoms with van der Waals surface area (Å²) in [5.41, 5.74) is 1.76. The van der Waals surface area contributed by atoms with E-state index in [0.29, 0.717) is 0 Å². The average Bonchev–Trinajstić information content (AvgIpc) is 2.54. The van der Waals surface area contributed by atoms with Gasteiger partial charge in [0.1, 0.15) is 0 Å². The number of fused-ring (bicyclic) bond motifs is 1. The highest BCUT2D eigenvalue weighted by atomic mass is 16.2. The minimum atomic E-state index is 0.155. The van der Waals surface area contributed by atoms with Crippen LogP contribution < -0.4 is 0 Å². The van der Waals surface area contributed by atoms with Gasteiger partial charge in [-0.25, -0.2) is 14.8 Å². The van der Waals surface area contributed by atoms with Gasteiger partial charge in [-0.2, -0.15) is 0 Å². The molecule has 3 rings (SSSR count). The largest absolute Gasteiger partial charge is 0.325 e. The molecule has 0 aromatic carbocycles. The molecule has 5 nitrogen and oxygen atoms in total. The van der Waals surface area contributed by atoms with Crippen molar-refractivity contribution in [1.82, 2.24) is 19.8 Å². The SMILES string of the molecule is CCN1CCCN(CCc2ccc3cccnc3n2)C1=O. The van der Waals surface area contributed by atoms with Gasteiger partial charge in [0.2, 0.25) is 0 Å². The van der Waals surface area contributed by atoms with Crippen molar-refractivity contribution >= 4 is 17.1 Å². The Labute approximate surface area is 124 Å². The Kier molecular flexibility index (Phi) is 3.99. The summed E-state index contributed by atoms with van der Waals surface area (Å²) in [4.78, 5) is 24.9. The van der Waals surface area contributed by atoms with Crippen molar-refractivity contribution in [2.24, 2.45) is 0 Å². The van der Waals surface area contributed by atoms with Crippen LogP contribution in [-0.4, -0.2) is 52.0 Å². The normalized spacial score (nSPS) is 15.8. The van der Waals surface area contributed by atoms with E-state index in [4.69, 9.17) is 0 Å². The molecule has 0 N–H and O–H groups in total. The summed E-state index contributed by atoms with van der Waals surface area (Å²) in [7, 11) is 0. The lowest BCUT2D eigenvalue weighted by Gasteiger charge is -2.35. The first-order chi connectivity index (χ1) is 10.3. The molecule has 1 aliphatic rings. The van der Waals surface area contributed by atoms with Crippen LogP contribution in [0, 0.1) is 0 Å². The predicted octanol–water partition coefficient (Wildman–Crippen LogP) is 2.32. The van der Waals surface area contributed by atoms with Crippen molar-refractivity contribution in [3.05, 3.63) is 36.2 Å². The van der Waals surface area contributed by atoms with E-state index >= 15 is 0 Å². The Balaban J connectivity index is 1.67. The van der Waals surface area contributed by atoms with Crippen molar-refractivity contribution in [2.45, 2.75) is 19.8 Å². The number of rotatable bonds is 4. The molecule has 0 bridgehead atoms. The lowest BCUT2D eigenvalue weighted by molar-refractivity contribution is 0.133. The Morgan fingerprint density at radius 1 is 1.19 bits per heavy atom. The molecule has 2 amide bonds. The van der Waals surface area contributed by atoms with Crippen molar-refractivity contribution < 1.29 is 4.79 Å². The van der Waals surface area contributed by atoms with Gasteiger partial charge in [-0.15, -0.1) is 0 Å². The molecule has 0 aliphatic carbocycles. The Morgan fingerprint density at radius 2 is 2.05 bits per heavy atom. The second-order valence-corrected chi connectivity index (χ2v) is 5.31. The minimum Gasteiger partial charge on any atom is -0.325 e. The highest BCUT2D eigenvalue weighted by Gasteiger charge is 2.23.